The Morgan fingerprint density at radius 3 is 2.70 bits per heavy atom. The van der Waals surface area contributed by atoms with Crippen LogP contribution in [-0.4, -0.2) is 31.8 Å². The lowest BCUT2D eigenvalue weighted by molar-refractivity contribution is 0.521. The Bertz CT molecular complexity index is 681. The van der Waals surface area contributed by atoms with Crippen molar-refractivity contribution in [3.63, 3.8) is 0 Å². The Labute approximate surface area is 122 Å². The van der Waals surface area contributed by atoms with Gasteiger partial charge in [0.2, 0.25) is 10.0 Å². The largest absolute Gasteiger partial charge is 0.397 e. The molecule has 0 radical (unpaired) electrons. The SMILES string of the molecule is CN(C)S(=O)(=O)c1ccc(NCc2nccs2)c(N)c1. The van der Waals surface area contributed by atoms with Crippen LogP contribution in [0, 0.1) is 0 Å². The summed E-state index contributed by atoms with van der Waals surface area (Å²) in [6.45, 7) is 0.557. The maximum absolute atomic E-state index is 12.0. The van der Waals surface area contributed by atoms with Crippen LogP contribution in [0.4, 0.5) is 11.4 Å². The molecule has 0 saturated heterocycles. The summed E-state index contributed by atoms with van der Waals surface area (Å²) in [5, 5.41) is 5.97. The second kappa shape index (κ2) is 5.78. The van der Waals surface area contributed by atoms with E-state index in [1.807, 2.05) is 5.38 Å². The molecule has 0 bridgehead atoms. The molecule has 2 rings (SSSR count). The van der Waals surface area contributed by atoms with Crippen LogP contribution >= 0.6 is 11.3 Å². The van der Waals surface area contributed by atoms with Gasteiger partial charge in [-0.05, 0) is 18.2 Å². The van der Waals surface area contributed by atoms with E-state index in [-0.39, 0.29) is 4.90 Å². The first-order chi connectivity index (χ1) is 9.41. The summed E-state index contributed by atoms with van der Waals surface area (Å²) < 4.78 is 25.1. The number of rotatable bonds is 5. The Morgan fingerprint density at radius 1 is 1.40 bits per heavy atom. The Morgan fingerprint density at radius 2 is 2.15 bits per heavy atom. The molecule has 3 N–H and O–H groups in total. The molecule has 0 atom stereocenters. The summed E-state index contributed by atoms with van der Waals surface area (Å²) in [5.41, 5.74) is 6.98. The van der Waals surface area contributed by atoms with Gasteiger partial charge in [-0.15, -0.1) is 11.3 Å². The predicted octanol–water partition coefficient (Wildman–Crippen LogP) is 1.59. The Kier molecular flexibility index (Phi) is 4.26. The van der Waals surface area contributed by atoms with E-state index in [1.165, 1.54) is 26.2 Å². The van der Waals surface area contributed by atoms with Gasteiger partial charge in [0.25, 0.3) is 0 Å². The summed E-state index contributed by atoms with van der Waals surface area (Å²) in [6.07, 6.45) is 1.73. The van der Waals surface area contributed by atoms with Crippen molar-refractivity contribution in [3.8, 4) is 0 Å². The molecule has 108 valence electrons. The van der Waals surface area contributed by atoms with Crippen molar-refractivity contribution >= 4 is 32.7 Å². The molecule has 1 aromatic heterocycles. The third-order valence-electron chi connectivity index (χ3n) is 2.72. The minimum atomic E-state index is -3.46. The van der Waals surface area contributed by atoms with Crippen molar-refractivity contribution in [1.29, 1.82) is 0 Å². The average molecular weight is 312 g/mol. The number of sulfonamides is 1. The van der Waals surface area contributed by atoms with Crippen LogP contribution < -0.4 is 11.1 Å². The maximum Gasteiger partial charge on any atom is 0.242 e. The van der Waals surface area contributed by atoms with Crippen molar-refractivity contribution in [2.45, 2.75) is 11.4 Å². The highest BCUT2D eigenvalue weighted by molar-refractivity contribution is 7.89. The van der Waals surface area contributed by atoms with E-state index < -0.39 is 10.0 Å². The molecule has 0 spiro atoms. The molecule has 8 heteroatoms. The molecular formula is C12H16N4O2S2. The predicted molar refractivity (Wildman–Crippen MR) is 81.2 cm³/mol. The lowest BCUT2D eigenvalue weighted by atomic mass is 10.2. The number of aromatic nitrogens is 1. The van der Waals surface area contributed by atoms with E-state index in [4.69, 9.17) is 5.73 Å². The van der Waals surface area contributed by atoms with Crippen LogP contribution in [0.25, 0.3) is 0 Å². The summed E-state index contributed by atoms with van der Waals surface area (Å²) in [6, 6.07) is 4.66. The highest BCUT2D eigenvalue weighted by Crippen LogP contribution is 2.24. The summed E-state index contributed by atoms with van der Waals surface area (Å²) in [7, 11) is -0.487. The van der Waals surface area contributed by atoms with Gasteiger partial charge in [0.05, 0.1) is 22.8 Å². The second-order valence-corrected chi connectivity index (χ2v) is 7.45. The summed E-state index contributed by atoms with van der Waals surface area (Å²) >= 11 is 1.54. The molecular weight excluding hydrogens is 296 g/mol. The fourth-order valence-electron chi connectivity index (χ4n) is 1.58. The van der Waals surface area contributed by atoms with Crippen LogP contribution in [0.3, 0.4) is 0 Å². The molecule has 0 amide bonds. The van der Waals surface area contributed by atoms with Gasteiger partial charge in [0.15, 0.2) is 0 Å². The summed E-state index contributed by atoms with van der Waals surface area (Å²) in [5.74, 6) is 0. The number of thiazole rings is 1. The molecule has 20 heavy (non-hydrogen) atoms. The molecule has 0 aliphatic heterocycles. The fraction of sp³-hybridized carbons (Fsp3) is 0.250. The molecule has 1 heterocycles. The third-order valence-corrected chi connectivity index (χ3v) is 5.31. The number of benzene rings is 1. The van der Waals surface area contributed by atoms with Gasteiger partial charge in [-0.1, -0.05) is 0 Å². The van der Waals surface area contributed by atoms with Crippen molar-refractivity contribution in [2.24, 2.45) is 0 Å². The first kappa shape index (κ1) is 14.8. The van der Waals surface area contributed by atoms with Crippen molar-refractivity contribution in [3.05, 3.63) is 34.8 Å². The molecule has 0 aliphatic carbocycles. The van der Waals surface area contributed by atoms with E-state index in [9.17, 15) is 8.42 Å². The lowest BCUT2D eigenvalue weighted by Gasteiger charge is -2.14. The normalized spacial score (nSPS) is 11.8. The van der Waals surface area contributed by atoms with Crippen molar-refractivity contribution in [1.82, 2.24) is 9.29 Å². The van der Waals surface area contributed by atoms with Gasteiger partial charge in [-0.2, -0.15) is 0 Å². The van der Waals surface area contributed by atoms with Gasteiger partial charge >= 0.3 is 0 Å². The van der Waals surface area contributed by atoms with E-state index in [0.29, 0.717) is 17.9 Å². The van der Waals surface area contributed by atoms with Gasteiger partial charge in [0.1, 0.15) is 5.01 Å². The quantitative estimate of drug-likeness (QED) is 0.819. The number of nitrogens with zero attached hydrogens (tertiary/aromatic N) is 2. The Balaban J connectivity index is 2.18. The highest BCUT2D eigenvalue weighted by Gasteiger charge is 2.18. The van der Waals surface area contributed by atoms with Crippen LogP contribution in [0.1, 0.15) is 5.01 Å². The van der Waals surface area contributed by atoms with Gasteiger partial charge < -0.3 is 11.1 Å². The van der Waals surface area contributed by atoms with Crippen LogP contribution in [0.15, 0.2) is 34.7 Å². The van der Waals surface area contributed by atoms with Crippen LogP contribution in [0.2, 0.25) is 0 Å². The fourth-order valence-corrected chi connectivity index (χ4v) is 3.08. The van der Waals surface area contributed by atoms with Gasteiger partial charge in [-0.3, -0.25) is 0 Å². The number of anilines is 2. The zero-order valence-corrected chi connectivity index (χ0v) is 12.8. The molecule has 0 aliphatic rings. The van der Waals surface area contributed by atoms with Gasteiger partial charge in [-0.25, -0.2) is 17.7 Å². The van der Waals surface area contributed by atoms with Crippen molar-refractivity contribution in [2.75, 3.05) is 25.1 Å². The smallest absolute Gasteiger partial charge is 0.242 e. The molecule has 0 saturated carbocycles. The summed E-state index contributed by atoms with van der Waals surface area (Å²) in [4.78, 5) is 4.33. The molecule has 6 nitrogen and oxygen atoms in total. The third kappa shape index (κ3) is 3.09. The standard InChI is InChI=1S/C12H16N4O2S2/c1-16(2)20(17,18)9-3-4-11(10(13)7-9)15-8-12-14-5-6-19-12/h3-7,15H,8,13H2,1-2H3. The molecule has 0 unspecified atom stereocenters. The first-order valence-electron chi connectivity index (χ1n) is 5.85. The molecule has 2 aromatic rings. The number of hydrogen-bond donors (Lipinski definition) is 2. The molecule has 1 aromatic carbocycles. The second-order valence-electron chi connectivity index (χ2n) is 4.32. The lowest BCUT2D eigenvalue weighted by Crippen LogP contribution is -2.22. The van der Waals surface area contributed by atoms with Crippen LogP contribution in [0.5, 0.6) is 0 Å². The number of nitrogen functional groups attached to an aromatic ring is 1. The zero-order chi connectivity index (χ0) is 14.8. The van der Waals surface area contributed by atoms with E-state index >= 15 is 0 Å². The van der Waals surface area contributed by atoms with Gasteiger partial charge in [0, 0.05) is 25.7 Å². The monoisotopic (exact) mass is 312 g/mol. The van der Waals surface area contributed by atoms with E-state index in [2.05, 4.69) is 10.3 Å². The average Bonchev–Trinajstić information content (AvgIpc) is 2.90. The Hall–Kier alpha value is -1.64. The van der Waals surface area contributed by atoms with E-state index in [1.54, 1.807) is 23.6 Å². The topological polar surface area (TPSA) is 88.3 Å². The minimum absolute atomic E-state index is 0.180. The first-order valence-corrected chi connectivity index (χ1v) is 8.17. The number of nitrogens with two attached hydrogens (primary N) is 1. The number of hydrogen-bond acceptors (Lipinski definition) is 6. The van der Waals surface area contributed by atoms with Crippen molar-refractivity contribution < 1.29 is 8.42 Å². The number of nitrogens with one attached hydrogen (secondary N) is 1. The zero-order valence-electron chi connectivity index (χ0n) is 11.2. The van der Waals surface area contributed by atoms with Crippen LogP contribution in [-0.2, 0) is 16.6 Å². The highest BCUT2D eigenvalue weighted by atomic mass is 32.2. The maximum atomic E-state index is 12.0. The minimum Gasteiger partial charge on any atom is -0.397 e. The molecule has 0 fully saturated rings. The van der Waals surface area contributed by atoms with E-state index in [0.717, 1.165) is 9.31 Å².